The van der Waals surface area contributed by atoms with Crippen molar-refractivity contribution < 1.29 is 9.53 Å². The fourth-order valence-electron chi connectivity index (χ4n) is 4.81. The van der Waals surface area contributed by atoms with Gasteiger partial charge in [0, 0.05) is 23.2 Å². The molecule has 5 rings (SSSR count). The maximum Gasteiger partial charge on any atom is 0.251 e. The van der Waals surface area contributed by atoms with Crippen LogP contribution >= 0.6 is 0 Å². The molecule has 3 aromatic rings. The summed E-state index contributed by atoms with van der Waals surface area (Å²) in [5, 5.41) is 7.91. The summed E-state index contributed by atoms with van der Waals surface area (Å²) in [4.78, 5) is 17.3. The number of aromatic nitrogens is 3. The van der Waals surface area contributed by atoms with Crippen LogP contribution in [0, 0.1) is 0 Å². The standard InChI is InChI=1S/C25H30N4O2/c30-25(27-20-10-3-1-4-11-20)19-9-7-8-18(16-19)22-17-26-23-14-15-24(28-29(22)23)31-21-12-5-2-6-13-21/h7-9,14-17,20-21H,1-6,10-13H2,(H,27,30). The smallest absolute Gasteiger partial charge is 0.251 e. The lowest BCUT2D eigenvalue weighted by Gasteiger charge is -2.22. The van der Waals surface area contributed by atoms with Crippen molar-refractivity contribution in [2.45, 2.75) is 76.4 Å². The van der Waals surface area contributed by atoms with Gasteiger partial charge in [0.15, 0.2) is 5.65 Å². The zero-order valence-electron chi connectivity index (χ0n) is 17.9. The number of ether oxygens (including phenoxy) is 1. The predicted molar refractivity (Wildman–Crippen MR) is 120 cm³/mol. The van der Waals surface area contributed by atoms with Gasteiger partial charge >= 0.3 is 0 Å². The molecule has 2 aromatic heterocycles. The van der Waals surface area contributed by atoms with Gasteiger partial charge in [0.05, 0.1) is 11.9 Å². The maximum absolute atomic E-state index is 12.8. The molecule has 31 heavy (non-hydrogen) atoms. The van der Waals surface area contributed by atoms with Crippen LogP contribution in [0.15, 0.2) is 42.6 Å². The van der Waals surface area contributed by atoms with E-state index in [1.807, 2.05) is 47.1 Å². The monoisotopic (exact) mass is 418 g/mol. The second-order valence-corrected chi connectivity index (χ2v) is 8.85. The Balaban J connectivity index is 1.37. The Kier molecular flexibility index (Phi) is 5.87. The van der Waals surface area contributed by atoms with Crippen LogP contribution in [0.3, 0.4) is 0 Å². The molecule has 0 saturated heterocycles. The molecule has 0 atom stereocenters. The molecule has 6 heteroatoms. The van der Waals surface area contributed by atoms with E-state index in [0.29, 0.717) is 17.5 Å². The lowest BCUT2D eigenvalue weighted by atomic mass is 9.95. The molecular weight excluding hydrogens is 388 g/mol. The number of fused-ring (bicyclic) bond motifs is 1. The number of carbonyl (C=O) groups excluding carboxylic acids is 1. The van der Waals surface area contributed by atoms with Gasteiger partial charge in [-0.1, -0.05) is 37.8 Å². The van der Waals surface area contributed by atoms with E-state index in [4.69, 9.17) is 9.84 Å². The highest BCUT2D eigenvalue weighted by Gasteiger charge is 2.19. The highest BCUT2D eigenvalue weighted by atomic mass is 16.5. The third-order valence-electron chi connectivity index (χ3n) is 6.54. The first-order valence-corrected chi connectivity index (χ1v) is 11.7. The van der Waals surface area contributed by atoms with E-state index in [9.17, 15) is 4.79 Å². The van der Waals surface area contributed by atoms with Crippen LogP contribution in [0.25, 0.3) is 16.9 Å². The van der Waals surface area contributed by atoms with Crippen molar-refractivity contribution in [2.24, 2.45) is 0 Å². The van der Waals surface area contributed by atoms with Crippen molar-refractivity contribution in [3.05, 3.63) is 48.2 Å². The Morgan fingerprint density at radius 2 is 1.74 bits per heavy atom. The van der Waals surface area contributed by atoms with Crippen molar-refractivity contribution >= 4 is 11.6 Å². The Labute approximate surface area is 183 Å². The van der Waals surface area contributed by atoms with Gasteiger partial charge in [-0.2, -0.15) is 0 Å². The van der Waals surface area contributed by atoms with E-state index in [0.717, 1.165) is 42.6 Å². The van der Waals surface area contributed by atoms with Crippen LogP contribution in [0.4, 0.5) is 0 Å². The minimum Gasteiger partial charge on any atom is -0.473 e. The summed E-state index contributed by atoms with van der Waals surface area (Å²) in [5.41, 5.74) is 3.22. The maximum atomic E-state index is 12.8. The lowest BCUT2D eigenvalue weighted by molar-refractivity contribution is 0.0927. The van der Waals surface area contributed by atoms with Crippen molar-refractivity contribution in [2.75, 3.05) is 0 Å². The third kappa shape index (κ3) is 4.58. The first-order chi connectivity index (χ1) is 15.3. The highest BCUT2D eigenvalue weighted by Crippen LogP contribution is 2.25. The molecule has 6 nitrogen and oxygen atoms in total. The van der Waals surface area contributed by atoms with E-state index in [2.05, 4.69) is 10.3 Å². The molecule has 0 unspecified atom stereocenters. The summed E-state index contributed by atoms with van der Waals surface area (Å²) in [6, 6.07) is 11.8. The van der Waals surface area contributed by atoms with Gasteiger partial charge in [-0.15, -0.1) is 5.10 Å². The van der Waals surface area contributed by atoms with Crippen LogP contribution < -0.4 is 10.1 Å². The molecule has 2 aliphatic rings. The fourth-order valence-corrected chi connectivity index (χ4v) is 4.81. The first-order valence-electron chi connectivity index (χ1n) is 11.7. The average Bonchev–Trinajstić information content (AvgIpc) is 3.24. The number of nitrogens with one attached hydrogen (secondary N) is 1. The molecule has 0 radical (unpaired) electrons. The summed E-state index contributed by atoms with van der Waals surface area (Å²) in [7, 11) is 0. The zero-order valence-corrected chi connectivity index (χ0v) is 17.9. The van der Waals surface area contributed by atoms with E-state index in [1.165, 1.54) is 38.5 Å². The summed E-state index contributed by atoms with van der Waals surface area (Å²) in [5.74, 6) is 0.627. The molecule has 2 aliphatic carbocycles. The van der Waals surface area contributed by atoms with E-state index in [-0.39, 0.29) is 12.0 Å². The van der Waals surface area contributed by atoms with Gasteiger partial charge in [-0.25, -0.2) is 9.50 Å². The number of nitrogens with zero attached hydrogens (tertiary/aromatic N) is 3. The van der Waals surface area contributed by atoms with Gasteiger partial charge in [0.1, 0.15) is 6.10 Å². The summed E-state index contributed by atoms with van der Waals surface area (Å²) >= 11 is 0. The molecule has 0 spiro atoms. The van der Waals surface area contributed by atoms with Gasteiger partial charge < -0.3 is 10.1 Å². The van der Waals surface area contributed by atoms with Gasteiger partial charge in [-0.3, -0.25) is 4.79 Å². The Bertz CT molecular complexity index is 1050. The molecule has 2 heterocycles. The molecule has 0 bridgehead atoms. The molecule has 1 amide bonds. The van der Waals surface area contributed by atoms with Gasteiger partial charge in [-0.05, 0) is 56.7 Å². The number of benzene rings is 1. The molecular formula is C25H30N4O2. The molecule has 1 aromatic carbocycles. The first kappa shape index (κ1) is 20.0. The van der Waals surface area contributed by atoms with Gasteiger partial charge in [0.2, 0.25) is 5.88 Å². The quantitative estimate of drug-likeness (QED) is 0.621. The van der Waals surface area contributed by atoms with Crippen LogP contribution in [-0.2, 0) is 0 Å². The molecule has 2 saturated carbocycles. The Hall–Kier alpha value is -2.89. The minimum absolute atomic E-state index is 0.00292. The van der Waals surface area contributed by atoms with Crippen molar-refractivity contribution in [1.82, 2.24) is 19.9 Å². The number of amides is 1. The number of hydrogen-bond acceptors (Lipinski definition) is 4. The summed E-state index contributed by atoms with van der Waals surface area (Å²) in [6.45, 7) is 0. The van der Waals surface area contributed by atoms with E-state index < -0.39 is 0 Å². The zero-order chi connectivity index (χ0) is 21.0. The largest absolute Gasteiger partial charge is 0.473 e. The molecule has 1 N–H and O–H groups in total. The topological polar surface area (TPSA) is 68.5 Å². The number of hydrogen-bond donors (Lipinski definition) is 1. The van der Waals surface area contributed by atoms with E-state index >= 15 is 0 Å². The summed E-state index contributed by atoms with van der Waals surface area (Å²) < 4.78 is 7.96. The predicted octanol–water partition coefficient (Wildman–Crippen LogP) is 5.17. The third-order valence-corrected chi connectivity index (χ3v) is 6.54. The van der Waals surface area contributed by atoms with Gasteiger partial charge in [0.25, 0.3) is 5.91 Å². The van der Waals surface area contributed by atoms with Crippen molar-refractivity contribution in [3.63, 3.8) is 0 Å². The highest BCUT2D eigenvalue weighted by molar-refractivity contribution is 5.95. The molecule has 2 fully saturated rings. The van der Waals surface area contributed by atoms with Crippen LogP contribution in [-0.4, -0.2) is 32.7 Å². The Morgan fingerprint density at radius 1 is 0.968 bits per heavy atom. The normalized spacial score (nSPS) is 18.2. The molecule has 162 valence electrons. The van der Waals surface area contributed by atoms with Crippen molar-refractivity contribution in [3.8, 4) is 17.1 Å². The fraction of sp³-hybridized carbons (Fsp3) is 0.480. The van der Waals surface area contributed by atoms with Crippen molar-refractivity contribution in [1.29, 1.82) is 0 Å². The second kappa shape index (κ2) is 9.08. The SMILES string of the molecule is O=C(NC1CCCCC1)c1cccc(-c2cnc3ccc(OC4CCCCC4)nn23)c1. The number of imidazole rings is 1. The lowest BCUT2D eigenvalue weighted by Crippen LogP contribution is -2.36. The number of carbonyl (C=O) groups is 1. The van der Waals surface area contributed by atoms with Crippen LogP contribution in [0.2, 0.25) is 0 Å². The molecule has 0 aliphatic heterocycles. The van der Waals surface area contributed by atoms with Crippen LogP contribution in [0.1, 0.15) is 74.6 Å². The summed E-state index contributed by atoms with van der Waals surface area (Å²) in [6.07, 6.45) is 13.8. The second-order valence-electron chi connectivity index (χ2n) is 8.85. The number of rotatable bonds is 5. The minimum atomic E-state index is -0.00292. The average molecular weight is 419 g/mol. The van der Waals surface area contributed by atoms with E-state index in [1.54, 1.807) is 0 Å². The van der Waals surface area contributed by atoms with Crippen LogP contribution in [0.5, 0.6) is 5.88 Å². The Morgan fingerprint density at radius 3 is 2.55 bits per heavy atom.